The highest BCUT2D eigenvalue weighted by molar-refractivity contribution is 5.90. The van der Waals surface area contributed by atoms with Crippen LogP contribution in [0.5, 0.6) is 0 Å². The number of benzene rings is 1. The van der Waals surface area contributed by atoms with Crippen LogP contribution in [0.25, 0.3) is 0 Å². The average molecular weight is 408 g/mol. The Morgan fingerprint density at radius 1 is 1.14 bits per heavy atom. The Hall–Kier alpha value is -2.45. The minimum absolute atomic E-state index is 0.0194. The van der Waals surface area contributed by atoms with Crippen molar-refractivity contribution >= 4 is 17.7 Å². The van der Waals surface area contributed by atoms with E-state index in [0.29, 0.717) is 13.0 Å². The Kier molecular flexibility index (Phi) is 11.6. The van der Waals surface area contributed by atoms with Gasteiger partial charge in [-0.1, -0.05) is 56.5 Å². The maximum atomic E-state index is 12.8. The first-order chi connectivity index (χ1) is 13.9. The molecule has 0 aliphatic rings. The molecule has 0 saturated carbocycles. The lowest BCUT2D eigenvalue weighted by atomic mass is 9.96. The van der Waals surface area contributed by atoms with E-state index in [9.17, 15) is 14.4 Å². The third-order valence-corrected chi connectivity index (χ3v) is 4.53. The molecule has 0 bridgehead atoms. The first-order valence-electron chi connectivity index (χ1n) is 9.95. The van der Waals surface area contributed by atoms with Crippen molar-refractivity contribution in [2.45, 2.75) is 51.7 Å². The number of hydrogen-bond donors (Lipinski definition) is 3. The highest BCUT2D eigenvalue weighted by Gasteiger charge is 2.28. The number of amides is 3. The molecule has 3 amide bonds. The molecule has 0 aliphatic carbocycles. The van der Waals surface area contributed by atoms with Crippen molar-refractivity contribution in [2.24, 2.45) is 5.92 Å². The Labute approximate surface area is 172 Å². The molecule has 8 heteroatoms. The second-order valence-corrected chi connectivity index (χ2v) is 7.23. The smallest absolute Gasteiger partial charge is 0.247 e. The van der Waals surface area contributed by atoms with Gasteiger partial charge in [-0.3, -0.25) is 19.6 Å². The molecule has 1 unspecified atom stereocenters. The second kappa shape index (κ2) is 13.7. The summed E-state index contributed by atoms with van der Waals surface area (Å²) >= 11 is 0. The number of carbonyl (C=O) groups is 3. The van der Waals surface area contributed by atoms with Gasteiger partial charge < -0.3 is 15.0 Å². The SMILES string of the molecule is CCCCCC(CC(=O)NO)C(=O)N[C@H](COCc1ccccc1)C(=O)N(C)C. The Morgan fingerprint density at radius 3 is 2.41 bits per heavy atom. The molecule has 0 heterocycles. The number of unbranched alkanes of at least 4 members (excludes halogenated alkanes) is 2. The molecule has 162 valence electrons. The number of hydrogen-bond acceptors (Lipinski definition) is 5. The highest BCUT2D eigenvalue weighted by atomic mass is 16.5. The summed E-state index contributed by atoms with van der Waals surface area (Å²) < 4.78 is 5.65. The van der Waals surface area contributed by atoms with Gasteiger partial charge >= 0.3 is 0 Å². The lowest BCUT2D eigenvalue weighted by Gasteiger charge is -2.24. The van der Waals surface area contributed by atoms with E-state index >= 15 is 0 Å². The molecule has 0 saturated heterocycles. The van der Waals surface area contributed by atoms with Crippen LogP contribution in [-0.2, 0) is 25.7 Å². The van der Waals surface area contributed by atoms with Crippen LogP contribution >= 0.6 is 0 Å². The molecule has 1 rings (SSSR count). The van der Waals surface area contributed by atoms with Crippen molar-refractivity contribution in [3.8, 4) is 0 Å². The molecule has 3 N–H and O–H groups in total. The molecule has 0 spiro atoms. The van der Waals surface area contributed by atoms with Gasteiger partial charge in [0.15, 0.2) is 0 Å². The fraction of sp³-hybridized carbons (Fsp3) is 0.571. The average Bonchev–Trinajstić information content (AvgIpc) is 2.72. The molecule has 0 fully saturated rings. The van der Waals surface area contributed by atoms with Gasteiger partial charge in [-0.05, 0) is 12.0 Å². The molecule has 29 heavy (non-hydrogen) atoms. The van der Waals surface area contributed by atoms with Crippen molar-refractivity contribution in [3.05, 3.63) is 35.9 Å². The summed E-state index contributed by atoms with van der Waals surface area (Å²) in [7, 11) is 3.22. The first-order valence-corrected chi connectivity index (χ1v) is 9.95. The topological polar surface area (TPSA) is 108 Å². The molecular weight excluding hydrogens is 374 g/mol. The van der Waals surface area contributed by atoms with E-state index < -0.39 is 23.8 Å². The third kappa shape index (κ3) is 9.54. The van der Waals surface area contributed by atoms with Crippen LogP contribution in [-0.4, -0.2) is 54.6 Å². The third-order valence-electron chi connectivity index (χ3n) is 4.53. The summed E-state index contributed by atoms with van der Waals surface area (Å²) in [5.41, 5.74) is 2.53. The van der Waals surface area contributed by atoms with Crippen LogP contribution < -0.4 is 10.8 Å². The van der Waals surface area contributed by atoms with E-state index in [4.69, 9.17) is 9.94 Å². The normalized spacial score (nSPS) is 12.7. The van der Waals surface area contributed by atoms with Gasteiger partial charge in [0.25, 0.3) is 0 Å². The minimum atomic E-state index is -0.855. The van der Waals surface area contributed by atoms with E-state index in [-0.39, 0.29) is 18.9 Å². The van der Waals surface area contributed by atoms with Gasteiger partial charge in [-0.25, -0.2) is 5.48 Å². The number of nitrogens with zero attached hydrogens (tertiary/aromatic N) is 1. The molecule has 2 atom stereocenters. The summed E-state index contributed by atoms with van der Waals surface area (Å²) in [6.45, 7) is 2.39. The van der Waals surface area contributed by atoms with Gasteiger partial charge in [0.1, 0.15) is 6.04 Å². The largest absolute Gasteiger partial charge is 0.374 e. The lowest BCUT2D eigenvalue weighted by Crippen LogP contribution is -2.50. The zero-order valence-corrected chi connectivity index (χ0v) is 17.5. The molecule has 0 radical (unpaired) electrons. The van der Waals surface area contributed by atoms with Crippen LogP contribution in [0.4, 0.5) is 0 Å². The van der Waals surface area contributed by atoms with Crippen molar-refractivity contribution in [2.75, 3.05) is 20.7 Å². The number of nitrogens with one attached hydrogen (secondary N) is 2. The number of hydroxylamine groups is 1. The second-order valence-electron chi connectivity index (χ2n) is 7.23. The maximum absolute atomic E-state index is 12.8. The number of carbonyl (C=O) groups excluding carboxylic acids is 3. The standard InChI is InChI=1S/C21H33N3O5/c1-4-5-7-12-17(13-19(25)23-28)20(26)22-18(21(27)24(2)3)15-29-14-16-10-8-6-9-11-16/h6,8-11,17-18,28H,4-5,7,12-15H2,1-3H3,(H,22,26)(H,23,25)/t17?,18-/m1/s1. The number of likely N-dealkylation sites (N-methyl/N-ethyl adjacent to an activating group) is 1. The summed E-state index contributed by atoms with van der Waals surface area (Å²) in [5.74, 6) is -1.93. The highest BCUT2D eigenvalue weighted by Crippen LogP contribution is 2.15. The molecule has 0 aliphatic heterocycles. The van der Waals surface area contributed by atoms with Crippen molar-refractivity contribution in [1.82, 2.24) is 15.7 Å². The summed E-state index contributed by atoms with van der Waals surface area (Å²) in [4.78, 5) is 38.2. The van der Waals surface area contributed by atoms with E-state index in [0.717, 1.165) is 24.8 Å². The van der Waals surface area contributed by atoms with E-state index in [2.05, 4.69) is 5.32 Å². The quantitative estimate of drug-likeness (QED) is 0.263. The molecule has 0 aromatic heterocycles. The zero-order valence-electron chi connectivity index (χ0n) is 17.5. The van der Waals surface area contributed by atoms with Gasteiger partial charge in [0.05, 0.1) is 13.2 Å². The Balaban J connectivity index is 2.74. The van der Waals surface area contributed by atoms with Crippen LogP contribution in [0.15, 0.2) is 30.3 Å². The zero-order chi connectivity index (χ0) is 21.6. The molecular formula is C21H33N3O5. The van der Waals surface area contributed by atoms with E-state index in [1.54, 1.807) is 19.6 Å². The van der Waals surface area contributed by atoms with Crippen LogP contribution in [0.1, 0.15) is 44.6 Å². The number of ether oxygens (including phenoxy) is 1. The first kappa shape index (κ1) is 24.6. The van der Waals surface area contributed by atoms with Crippen LogP contribution in [0.2, 0.25) is 0 Å². The van der Waals surface area contributed by atoms with E-state index in [1.165, 1.54) is 4.90 Å². The van der Waals surface area contributed by atoms with Crippen LogP contribution in [0.3, 0.4) is 0 Å². The van der Waals surface area contributed by atoms with Crippen molar-refractivity contribution < 1.29 is 24.3 Å². The Morgan fingerprint density at radius 2 is 1.83 bits per heavy atom. The number of rotatable bonds is 13. The maximum Gasteiger partial charge on any atom is 0.247 e. The van der Waals surface area contributed by atoms with Gasteiger partial charge in [-0.15, -0.1) is 0 Å². The van der Waals surface area contributed by atoms with Gasteiger partial charge in [0.2, 0.25) is 17.7 Å². The van der Waals surface area contributed by atoms with Crippen molar-refractivity contribution in [1.29, 1.82) is 0 Å². The summed E-state index contributed by atoms with van der Waals surface area (Å²) in [5, 5.41) is 11.5. The fourth-order valence-corrected chi connectivity index (χ4v) is 2.88. The lowest BCUT2D eigenvalue weighted by molar-refractivity contribution is -0.139. The minimum Gasteiger partial charge on any atom is -0.374 e. The molecule has 1 aromatic carbocycles. The summed E-state index contributed by atoms with van der Waals surface area (Å²) in [6.07, 6.45) is 3.06. The molecule has 8 nitrogen and oxygen atoms in total. The predicted molar refractivity (Wildman–Crippen MR) is 109 cm³/mol. The molecule has 1 aromatic rings. The predicted octanol–water partition coefficient (Wildman–Crippen LogP) is 1.87. The fourth-order valence-electron chi connectivity index (χ4n) is 2.88. The van der Waals surface area contributed by atoms with Gasteiger partial charge in [-0.2, -0.15) is 0 Å². The Bertz CT molecular complexity index is 636. The summed E-state index contributed by atoms with van der Waals surface area (Å²) in [6, 6.07) is 8.68. The monoisotopic (exact) mass is 407 g/mol. The van der Waals surface area contributed by atoms with Crippen LogP contribution in [0, 0.1) is 5.92 Å². The van der Waals surface area contributed by atoms with Crippen molar-refractivity contribution in [3.63, 3.8) is 0 Å². The van der Waals surface area contributed by atoms with Gasteiger partial charge in [0, 0.05) is 26.4 Å². The van der Waals surface area contributed by atoms with E-state index in [1.807, 2.05) is 37.3 Å².